The highest BCUT2D eigenvalue weighted by Gasteiger charge is 2.21. The lowest BCUT2D eigenvalue weighted by molar-refractivity contribution is -0.116. The summed E-state index contributed by atoms with van der Waals surface area (Å²) in [7, 11) is -4.23. The first-order chi connectivity index (χ1) is 8.65. The highest BCUT2D eigenvalue weighted by Crippen LogP contribution is 2.43. The van der Waals surface area contributed by atoms with Gasteiger partial charge in [0.15, 0.2) is 11.6 Å². The van der Waals surface area contributed by atoms with Crippen LogP contribution in [0, 0.1) is 0 Å². The quantitative estimate of drug-likeness (QED) is 0.490. The lowest BCUT2D eigenvalue weighted by Gasteiger charge is -2.11. The Balaban J connectivity index is 3.96. The van der Waals surface area contributed by atoms with E-state index in [-0.39, 0.29) is 37.6 Å². The fourth-order valence-corrected chi connectivity index (χ4v) is 1.69. The van der Waals surface area contributed by atoms with E-state index in [1.807, 2.05) is 0 Å². The summed E-state index contributed by atoms with van der Waals surface area (Å²) in [6, 6.07) is 0. The van der Waals surface area contributed by atoms with Crippen molar-refractivity contribution in [2.24, 2.45) is 0 Å². The van der Waals surface area contributed by atoms with Crippen molar-refractivity contribution < 1.29 is 28.1 Å². The summed E-state index contributed by atoms with van der Waals surface area (Å²) in [5.41, 5.74) is 0.702. The Kier molecular flexibility index (Phi) is 7.71. The van der Waals surface area contributed by atoms with Gasteiger partial charge in [-0.15, -0.1) is 0 Å². The molecule has 108 valence electrons. The van der Waals surface area contributed by atoms with Gasteiger partial charge in [-0.25, -0.2) is 4.57 Å². The van der Waals surface area contributed by atoms with Crippen molar-refractivity contribution in [2.45, 2.75) is 26.7 Å². The third-order valence-corrected chi connectivity index (χ3v) is 3.14. The summed E-state index contributed by atoms with van der Waals surface area (Å²) in [6.07, 6.45) is -0.0954. The highest BCUT2D eigenvalue weighted by molar-refractivity contribution is 7.47. The van der Waals surface area contributed by atoms with Gasteiger partial charge in [0.2, 0.25) is 0 Å². The molecule has 0 unspecified atom stereocenters. The maximum atomic E-state index is 11.4. The zero-order valence-corrected chi connectivity index (χ0v) is 12.1. The zero-order chi connectivity index (χ0) is 15.1. The molecule has 0 bridgehead atoms. The van der Waals surface area contributed by atoms with Gasteiger partial charge < -0.3 is 4.89 Å². The number of phosphoric acid groups is 1. The summed E-state index contributed by atoms with van der Waals surface area (Å²) in [5, 5.41) is 0. The van der Waals surface area contributed by atoms with E-state index < -0.39 is 7.82 Å². The molecule has 0 amide bonds. The van der Waals surface area contributed by atoms with Crippen molar-refractivity contribution in [1.29, 1.82) is 0 Å². The molecule has 19 heavy (non-hydrogen) atoms. The van der Waals surface area contributed by atoms with Crippen LogP contribution < -0.4 is 0 Å². The Morgan fingerprint density at radius 3 is 1.58 bits per heavy atom. The fraction of sp³-hybridized carbons (Fsp3) is 0.500. The molecule has 0 atom stereocenters. The summed E-state index contributed by atoms with van der Waals surface area (Å²) < 4.78 is 20.5. The molecule has 6 nitrogen and oxygen atoms in total. The number of hydrogen-bond donors (Lipinski definition) is 1. The molecule has 0 spiro atoms. The maximum Gasteiger partial charge on any atom is 0.472 e. The smallest absolute Gasteiger partial charge is 0.302 e. The summed E-state index contributed by atoms with van der Waals surface area (Å²) in [4.78, 5) is 31.6. The van der Waals surface area contributed by atoms with Crippen LogP contribution in [0.25, 0.3) is 0 Å². The standard InChI is InChI=1S/C12H19O6P/c1-9(2)11(13)5-7-17-19(15,16)18-8-6-12(14)10(3)4/h1,3,5-8H2,2,4H3,(H,15,16). The van der Waals surface area contributed by atoms with Crippen LogP contribution in [0.3, 0.4) is 0 Å². The molecule has 0 saturated heterocycles. The fourth-order valence-electron chi connectivity index (χ4n) is 0.971. The lowest BCUT2D eigenvalue weighted by Crippen LogP contribution is -2.07. The second-order valence-electron chi connectivity index (χ2n) is 4.04. The number of Topliss-reactive ketones (excluding diaryl/α,β-unsaturated/α-hetero) is 2. The first-order valence-corrected chi connectivity index (χ1v) is 7.14. The monoisotopic (exact) mass is 290 g/mol. The third kappa shape index (κ3) is 8.61. The molecule has 1 N–H and O–H groups in total. The minimum Gasteiger partial charge on any atom is -0.302 e. The van der Waals surface area contributed by atoms with Gasteiger partial charge in [-0.05, 0) is 25.0 Å². The molecule has 0 rings (SSSR count). The van der Waals surface area contributed by atoms with Crippen molar-refractivity contribution in [1.82, 2.24) is 0 Å². The van der Waals surface area contributed by atoms with Crippen molar-refractivity contribution in [3.05, 3.63) is 24.3 Å². The van der Waals surface area contributed by atoms with Gasteiger partial charge in [0.25, 0.3) is 0 Å². The molecule has 0 aromatic rings. The zero-order valence-electron chi connectivity index (χ0n) is 11.2. The van der Waals surface area contributed by atoms with E-state index in [1.165, 1.54) is 0 Å². The Morgan fingerprint density at radius 1 is 1.00 bits per heavy atom. The molecular weight excluding hydrogens is 271 g/mol. The Labute approximate surface area is 112 Å². The lowest BCUT2D eigenvalue weighted by atomic mass is 10.2. The van der Waals surface area contributed by atoms with E-state index in [1.54, 1.807) is 13.8 Å². The van der Waals surface area contributed by atoms with E-state index in [2.05, 4.69) is 22.2 Å². The van der Waals surface area contributed by atoms with Gasteiger partial charge in [0, 0.05) is 12.8 Å². The number of carbonyl (C=O) groups excluding carboxylic acids is 2. The third-order valence-electron chi connectivity index (χ3n) is 2.12. The molecular formula is C12H19O6P. The van der Waals surface area contributed by atoms with Gasteiger partial charge in [-0.3, -0.25) is 18.6 Å². The average molecular weight is 290 g/mol. The van der Waals surface area contributed by atoms with Crippen molar-refractivity contribution in [3.8, 4) is 0 Å². The number of ketones is 2. The van der Waals surface area contributed by atoms with Gasteiger partial charge in [0.1, 0.15) is 0 Å². The number of phosphoric ester groups is 1. The van der Waals surface area contributed by atoms with E-state index >= 15 is 0 Å². The molecule has 0 saturated carbocycles. The van der Waals surface area contributed by atoms with Gasteiger partial charge in [-0.1, -0.05) is 13.2 Å². The van der Waals surface area contributed by atoms with Gasteiger partial charge in [0.05, 0.1) is 13.2 Å². The number of hydrogen-bond acceptors (Lipinski definition) is 5. The molecule has 0 aliphatic heterocycles. The van der Waals surface area contributed by atoms with Crippen molar-refractivity contribution in [3.63, 3.8) is 0 Å². The number of carbonyl (C=O) groups is 2. The van der Waals surface area contributed by atoms with Crippen LogP contribution in [0.1, 0.15) is 26.7 Å². The Bertz CT molecular complexity index is 390. The van der Waals surface area contributed by atoms with Crippen molar-refractivity contribution in [2.75, 3.05) is 13.2 Å². The highest BCUT2D eigenvalue weighted by atomic mass is 31.2. The molecule has 7 heteroatoms. The number of allylic oxidation sites excluding steroid dienone is 2. The molecule has 0 heterocycles. The number of rotatable bonds is 10. The first-order valence-electron chi connectivity index (χ1n) is 5.65. The molecule has 0 radical (unpaired) electrons. The predicted octanol–water partition coefficient (Wildman–Crippen LogP) is 2.19. The SMILES string of the molecule is C=C(C)C(=O)CCOP(=O)(O)OCCC(=O)C(=C)C. The van der Waals surface area contributed by atoms with Gasteiger partial charge >= 0.3 is 7.82 Å². The second-order valence-corrected chi connectivity index (χ2v) is 5.50. The predicted molar refractivity (Wildman–Crippen MR) is 70.6 cm³/mol. The first kappa shape index (κ1) is 17.9. The van der Waals surface area contributed by atoms with Crippen LogP contribution >= 0.6 is 7.82 Å². The van der Waals surface area contributed by atoms with Crippen LogP contribution in [0.15, 0.2) is 24.3 Å². The van der Waals surface area contributed by atoms with Crippen LogP contribution in [-0.4, -0.2) is 29.7 Å². The second kappa shape index (κ2) is 8.17. The average Bonchev–Trinajstić information content (AvgIpc) is 2.27. The molecule has 0 aliphatic rings. The van der Waals surface area contributed by atoms with Crippen LogP contribution in [0.2, 0.25) is 0 Å². The minimum atomic E-state index is -4.23. The molecule has 0 aromatic heterocycles. The summed E-state index contributed by atoms with van der Waals surface area (Å²) in [5.74, 6) is -0.505. The Morgan fingerprint density at radius 2 is 1.32 bits per heavy atom. The minimum absolute atomic E-state index is 0.0477. The topological polar surface area (TPSA) is 89.9 Å². The molecule has 0 aromatic carbocycles. The molecule has 0 aliphatic carbocycles. The van der Waals surface area contributed by atoms with Gasteiger partial charge in [-0.2, -0.15) is 0 Å². The van der Waals surface area contributed by atoms with Crippen LogP contribution in [0.4, 0.5) is 0 Å². The summed E-state index contributed by atoms with van der Waals surface area (Å²) >= 11 is 0. The largest absolute Gasteiger partial charge is 0.472 e. The molecule has 0 fully saturated rings. The van der Waals surface area contributed by atoms with E-state index in [9.17, 15) is 19.0 Å². The van der Waals surface area contributed by atoms with Crippen LogP contribution in [0.5, 0.6) is 0 Å². The van der Waals surface area contributed by atoms with Crippen LogP contribution in [-0.2, 0) is 23.2 Å². The Hall–Kier alpha value is -1.07. The van der Waals surface area contributed by atoms with E-state index in [4.69, 9.17) is 0 Å². The maximum absolute atomic E-state index is 11.4. The van der Waals surface area contributed by atoms with E-state index in [0.717, 1.165) is 0 Å². The normalized spacial score (nSPS) is 11.1. The van der Waals surface area contributed by atoms with Crippen molar-refractivity contribution >= 4 is 19.4 Å². The summed E-state index contributed by atoms with van der Waals surface area (Å²) in [6.45, 7) is 9.48. The van der Waals surface area contributed by atoms with E-state index in [0.29, 0.717) is 11.1 Å².